The van der Waals surface area contributed by atoms with Gasteiger partial charge in [-0.1, -0.05) is 53.7 Å². The molecule has 3 aromatic heterocycles. The van der Waals surface area contributed by atoms with Crippen molar-refractivity contribution in [2.24, 2.45) is 5.92 Å². The maximum Gasteiger partial charge on any atom is 0.265 e. The lowest BCUT2D eigenvalue weighted by Crippen LogP contribution is -2.40. The summed E-state index contributed by atoms with van der Waals surface area (Å²) in [5.41, 5.74) is 3.40. The van der Waals surface area contributed by atoms with Crippen LogP contribution < -0.4 is 14.9 Å². The molecule has 5 rings (SSSR count). The van der Waals surface area contributed by atoms with Gasteiger partial charge in [0.15, 0.2) is 0 Å². The summed E-state index contributed by atoms with van der Waals surface area (Å²) in [7, 11) is 0. The van der Waals surface area contributed by atoms with Crippen molar-refractivity contribution in [2.75, 3.05) is 16.8 Å². The molecular weight excluding hydrogens is 528 g/mol. The van der Waals surface area contributed by atoms with E-state index in [1.54, 1.807) is 0 Å². The zero-order chi connectivity index (χ0) is 29.6. The normalized spacial score (nSPS) is 21.3. The van der Waals surface area contributed by atoms with Crippen LogP contribution in [0.5, 0.6) is 0 Å². The Balaban J connectivity index is 1.55. The van der Waals surface area contributed by atoms with Crippen molar-refractivity contribution in [3.8, 4) is 0 Å². The molecule has 8 heteroatoms. The number of hydrogen-bond donors (Lipinski definition) is 2. The highest BCUT2D eigenvalue weighted by Gasteiger charge is 2.41. The number of aromatic nitrogens is 3. The van der Waals surface area contributed by atoms with E-state index in [1.165, 1.54) is 11.9 Å². The number of nitrogens with one attached hydrogen (secondary N) is 2. The van der Waals surface area contributed by atoms with Crippen molar-refractivity contribution in [2.45, 2.75) is 102 Å². The molecule has 2 aliphatic heterocycles. The highest BCUT2D eigenvalue weighted by Crippen LogP contribution is 2.41. The van der Waals surface area contributed by atoms with Crippen LogP contribution in [0.1, 0.15) is 108 Å². The Morgan fingerprint density at radius 3 is 2.32 bits per heavy atom. The van der Waals surface area contributed by atoms with E-state index in [9.17, 15) is 4.79 Å². The Bertz CT molecular complexity index is 1420. The number of pyridine rings is 3. The van der Waals surface area contributed by atoms with Gasteiger partial charge in [-0.2, -0.15) is 0 Å². The largest absolute Gasteiger partial charge is 0.362 e. The van der Waals surface area contributed by atoms with Gasteiger partial charge in [-0.3, -0.25) is 14.5 Å². The minimum atomic E-state index is -0.159. The fourth-order valence-electron chi connectivity index (χ4n) is 5.85. The third kappa shape index (κ3) is 6.53. The predicted octanol–water partition coefficient (Wildman–Crippen LogP) is 7.46. The molecule has 0 aromatic carbocycles. The summed E-state index contributed by atoms with van der Waals surface area (Å²) in [4.78, 5) is 31.0. The number of anilines is 2. The smallest absolute Gasteiger partial charge is 0.265 e. The topological polar surface area (TPSA) is 83.0 Å². The van der Waals surface area contributed by atoms with Gasteiger partial charge in [0.2, 0.25) is 0 Å². The number of carbonyl (C=O) groups is 1. The van der Waals surface area contributed by atoms with Gasteiger partial charge in [-0.15, -0.1) is 0 Å². The van der Waals surface area contributed by atoms with Crippen molar-refractivity contribution in [3.63, 3.8) is 0 Å². The Labute approximate surface area is 249 Å². The number of amides is 1. The molecule has 0 radical (unpaired) electrons. The average molecular weight is 573 g/mol. The first-order valence-corrected chi connectivity index (χ1v) is 15.5. The molecule has 0 saturated carbocycles. The first-order valence-electron chi connectivity index (χ1n) is 14.7. The molecule has 2 aliphatic rings. The summed E-state index contributed by atoms with van der Waals surface area (Å²) in [6.45, 7) is 18.5. The van der Waals surface area contributed by atoms with E-state index in [-0.39, 0.29) is 28.3 Å². The highest BCUT2D eigenvalue weighted by atomic mass is 32.2. The van der Waals surface area contributed by atoms with Gasteiger partial charge in [0, 0.05) is 46.2 Å². The van der Waals surface area contributed by atoms with Crippen molar-refractivity contribution >= 4 is 29.5 Å². The number of fused-ring (bicyclic) bond motifs is 6. The molecule has 41 heavy (non-hydrogen) atoms. The summed E-state index contributed by atoms with van der Waals surface area (Å²) in [6, 6.07) is 16.2. The molecule has 1 fully saturated rings. The summed E-state index contributed by atoms with van der Waals surface area (Å²) in [6.07, 6.45) is 2.97. The van der Waals surface area contributed by atoms with Crippen LogP contribution in [0.25, 0.3) is 0 Å². The van der Waals surface area contributed by atoms with Crippen LogP contribution >= 0.6 is 11.9 Å². The van der Waals surface area contributed by atoms with E-state index < -0.39 is 0 Å². The van der Waals surface area contributed by atoms with Crippen molar-refractivity contribution < 1.29 is 4.79 Å². The van der Waals surface area contributed by atoms with Crippen molar-refractivity contribution in [1.29, 1.82) is 0 Å². The highest BCUT2D eigenvalue weighted by molar-refractivity contribution is 7.97. The molecule has 0 aliphatic carbocycles. The summed E-state index contributed by atoms with van der Waals surface area (Å²) < 4.78 is 3.04. The first-order chi connectivity index (χ1) is 19.2. The minimum absolute atomic E-state index is 0.0137. The summed E-state index contributed by atoms with van der Waals surface area (Å²) in [5, 5.41) is 4.41. The fraction of sp³-hybridized carbons (Fsp3) is 0.515. The molecule has 1 saturated heterocycles. The number of nitrogens with zero attached hydrogens (tertiary/aromatic N) is 4. The number of carbonyl (C=O) groups excluding carboxylic acids is 1. The maximum atomic E-state index is 13.6. The van der Waals surface area contributed by atoms with Gasteiger partial charge in [0.05, 0.1) is 17.3 Å². The maximum absolute atomic E-state index is 13.6. The molecule has 3 aromatic rings. The fourth-order valence-corrected chi connectivity index (χ4v) is 6.44. The summed E-state index contributed by atoms with van der Waals surface area (Å²) in [5.74, 6) is 1.84. The van der Waals surface area contributed by atoms with Gasteiger partial charge < -0.3 is 10.2 Å². The van der Waals surface area contributed by atoms with Crippen LogP contribution in [0, 0.1) is 5.92 Å². The van der Waals surface area contributed by atoms with Crippen LogP contribution in [0.3, 0.4) is 0 Å². The van der Waals surface area contributed by atoms with Gasteiger partial charge in [-0.25, -0.2) is 9.97 Å². The third-order valence-electron chi connectivity index (χ3n) is 8.16. The third-order valence-corrected chi connectivity index (χ3v) is 8.88. The predicted molar refractivity (Wildman–Crippen MR) is 169 cm³/mol. The first kappa shape index (κ1) is 29.4. The van der Waals surface area contributed by atoms with E-state index in [2.05, 4.69) is 88.5 Å². The molecule has 4 bridgehead atoms. The van der Waals surface area contributed by atoms with Gasteiger partial charge in [-0.05, 0) is 75.4 Å². The average Bonchev–Trinajstić information content (AvgIpc) is 3.21. The van der Waals surface area contributed by atoms with Crippen molar-refractivity contribution in [3.05, 3.63) is 71.2 Å². The molecule has 2 N–H and O–H groups in total. The van der Waals surface area contributed by atoms with E-state index in [4.69, 9.17) is 15.0 Å². The van der Waals surface area contributed by atoms with Crippen LogP contribution in [0.4, 0.5) is 11.6 Å². The SMILES string of the molecule is CC(C)(C)c1cccc(C2CC[C@@H]3CN(c4nc(C(C)(C)C)ccc4C(=O)NSc4cccc(n4)N2)C(C)(C)C3)n1. The lowest BCUT2D eigenvalue weighted by atomic mass is 9.90. The van der Waals surface area contributed by atoms with E-state index >= 15 is 0 Å². The summed E-state index contributed by atoms with van der Waals surface area (Å²) >= 11 is 1.23. The Morgan fingerprint density at radius 2 is 1.59 bits per heavy atom. The Hall–Kier alpha value is -3.13. The van der Waals surface area contributed by atoms with Gasteiger partial charge >= 0.3 is 0 Å². The van der Waals surface area contributed by atoms with E-state index in [0.717, 1.165) is 59.6 Å². The quantitative estimate of drug-likeness (QED) is 0.293. The van der Waals surface area contributed by atoms with Crippen LogP contribution in [-0.2, 0) is 10.8 Å². The molecule has 0 spiro atoms. The van der Waals surface area contributed by atoms with Gasteiger partial charge in [0.25, 0.3) is 5.91 Å². The molecule has 5 heterocycles. The van der Waals surface area contributed by atoms with Crippen LogP contribution in [0.15, 0.2) is 53.6 Å². The second-order valence-corrected chi connectivity index (χ2v) is 15.0. The van der Waals surface area contributed by atoms with E-state index in [1.807, 2.05) is 30.3 Å². The molecule has 218 valence electrons. The lowest BCUT2D eigenvalue weighted by molar-refractivity contribution is 0.0984. The number of hydrogen-bond acceptors (Lipinski definition) is 7. The van der Waals surface area contributed by atoms with Crippen LogP contribution in [-0.4, -0.2) is 32.9 Å². The molecular formula is C33H44N6OS. The zero-order valence-corrected chi connectivity index (χ0v) is 26.5. The minimum Gasteiger partial charge on any atom is -0.362 e. The lowest BCUT2D eigenvalue weighted by Gasteiger charge is -2.34. The molecule has 1 unspecified atom stereocenters. The van der Waals surface area contributed by atoms with Crippen molar-refractivity contribution in [1.82, 2.24) is 19.7 Å². The molecule has 1 amide bonds. The molecule has 7 nitrogen and oxygen atoms in total. The standard InChI is InChI=1S/C33H44N6OS/c1-31(2,3)25-12-9-11-23(34-25)24-17-15-21-19-33(7,8)39(20-21)29-22(16-18-26(36-29)32(4,5)6)30(40)38-41-28-14-10-13-27(35-24)37-28/h9-14,16,18,21,24H,15,17,19-20H2,1-8H3,(H,35,37)(H,38,40)/t21-,24?/m0/s1. The second-order valence-electron chi connectivity index (χ2n) is 14.2. The molecule has 2 atom stereocenters. The van der Waals surface area contributed by atoms with Gasteiger partial charge in [0.1, 0.15) is 16.7 Å². The van der Waals surface area contributed by atoms with Crippen LogP contribution in [0.2, 0.25) is 0 Å². The zero-order valence-electron chi connectivity index (χ0n) is 25.7. The Kier molecular flexibility index (Phi) is 7.83. The Morgan fingerprint density at radius 1 is 0.878 bits per heavy atom. The monoisotopic (exact) mass is 572 g/mol. The van der Waals surface area contributed by atoms with E-state index in [0.29, 0.717) is 11.5 Å². The number of rotatable bonds is 1. The second kappa shape index (κ2) is 10.9.